The molecule has 118 valence electrons. The number of urea groups is 1. The molecule has 0 aromatic rings. The molecule has 4 bridgehead atoms. The van der Waals surface area contributed by atoms with Gasteiger partial charge in [0.15, 0.2) is 0 Å². The molecule has 4 aliphatic rings. The van der Waals surface area contributed by atoms with Crippen molar-refractivity contribution in [2.45, 2.75) is 64.0 Å². The first-order valence-electron chi connectivity index (χ1n) is 8.28. The maximum Gasteiger partial charge on any atom is 0.318 e. The van der Waals surface area contributed by atoms with Crippen molar-refractivity contribution < 1.29 is 4.79 Å². The molecule has 5 nitrogen and oxygen atoms in total. The molecule has 0 heterocycles. The second kappa shape index (κ2) is 5.18. The van der Waals surface area contributed by atoms with Gasteiger partial charge in [0.1, 0.15) is 5.84 Å². The first-order valence-corrected chi connectivity index (χ1v) is 8.28. The summed E-state index contributed by atoms with van der Waals surface area (Å²) in [6.45, 7) is 4.17. The van der Waals surface area contributed by atoms with Gasteiger partial charge in [-0.15, -0.1) is 0 Å². The van der Waals surface area contributed by atoms with Crippen LogP contribution >= 0.6 is 0 Å². The Morgan fingerprint density at radius 2 is 1.71 bits per heavy atom. The number of nitrogens with one attached hydrogen (secondary N) is 2. The molecule has 4 aliphatic carbocycles. The Balaban J connectivity index is 1.70. The van der Waals surface area contributed by atoms with Gasteiger partial charge in [-0.3, -0.25) is 5.41 Å². The van der Waals surface area contributed by atoms with Crippen LogP contribution in [0.3, 0.4) is 0 Å². The standard InChI is InChI=1S/C16H28N4O/c1-10(2)20(9-14(17)18)15(21)19-16-6-11-3-12(7-16)5-13(4-11)8-16/h10-13H,3-9H2,1-2H3,(H3,17,18)(H,19,21). The lowest BCUT2D eigenvalue weighted by molar-refractivity contribution is -0.0158. The summed E-state index contributed by atoms with van der Waals surface area (Å²) >= 11 is 0. The van der Waals surface area contributed by atoms with Crippen LogP contribution in [0.2, 0.25) is 0 Å². The van der Waals surface area contributed by atoms with Gasteiger partial charge >= 0.3 is 6.03 Å². The van der Waals surface area contributed by atoms with Gasteiger partial charge in [-0.1, -0.05) is 0 Å². The number of amides is 2. The number of hydrogen-bond acceptors (Lipinski definition) is 2. The monoisotopic (exact) mass is 292 g/mol. The predicted octanol–water partition coefficient (Wildman–Crippen LogP) is 2.31. The number of nitrogens with zero attached hydrogens (tertiary/aromatic N) is 1. The van der Waals surface area contributed by atoms with E-state index in [0.717, 1.165) is 37.0 Å². The Labute approximate surface area is 127 Å². The zero-order valence-corrected chi connectivity index (χ0v) is 13.2. The van der Waals surface area contributed by atoms with Crippen molar-refractivity contribution in [3.05, 3.63) is 0 Å². The Morgan fingerprint density at radius 1 is 1.24 bits per heavy atom. The Kier molecular flexibility index (Phi) is 3.62. The molecule has 4 N–H and O–H groups in total. The van der Waals surface area contributed by atoms with Crippen LogP contribution in [0.15, 0.2) is 0 Å². The molecular weight excluding hydrogens is 264 g/mol. The minimum absolute atomic E-state index is 0.0236. The maximum absolute atomic E-state index is 12.7. The summed E-state index contributed by atoms with van der Waals surface area (Å²) in [6.07, 6.45) is 7.56. The number of nitrogens with two attached hydrogens (primary N) is 1. The third-order valence-electron chi connectivity index (χ3n) is 5.64. The van der Waals surface area contributed by atoms with Crippen molar-refractivity contribution in [2.24, 2.45) is 23.5 Å². The van der Waals surface area contributed by atoms with E-state index in [-0.39, 0.29) is 30.0 Å². The van der Waals surface area contributed by atoms with Crippen molar-refractivity contribution in [3.63, 3.8) is 0 Å². The molecule has 0 spiro atoms. The van der Waals surface area contributed by atoms with Crippen molar-refractivity contribution in [1.82, 2.24) is 10.2 Å². The number of hydrogen-bond donors (Lipinski definition) is 3. The molecular formula is C16H28N4O. The van der Waals surface area contributed by atoms with Crippen LogP contribution in [0.4, 0.5) is 4.79 Å². The van der Waals surface area contributed by atoms with Crippen LogP contribution in [0, 0.1) is 23.2 Å². The zero-order valence-electron chi connectivity index (χ0n) is 13.2. The SMILES string of the molecule is CC(C)N(CC(=N)N)C(=O)NC12CC3CC(CC(C3)C1)C2. The van der Waals surface area contributed by atoms with Gasteiger partial charge in [0.05, 0.1) is 6.54 Å². The molecule has 0 atom stereocenters. The number of carbonyl (C=O) groups is 1. The topological polar surface area (TPSA) is 82.2 Å². The fraction of sp³-hybridized carbons (Fsp3) is 0.875. The van der Waals surface area contributed by atoms with E-state index in [1.165, 1.54) is 19.3 Å². The van der Waals surface area contributed by atoms with Gasteiger partial charge in [0.25, 0.3) is 0 Å². The highest BCUT2D eigenvalue weighted by Gasteiger charge is 2.51. The van der Waals surface area contributed by atoms with Crippen LogP contribution in [0.1, 0.15) is 52.4 Å². The fourth-order valence-corrected chi connectivity index (χ4v) is 5.23. The van der Waals surface area contributed by atoms with Crippen LogP contribution in [0.5, 0.6) is 0 Å². The number of amidine groups is 1. The lowest BCUT2D eigenvalue weighted by Crippen LogP contribution is -2.62. The van der Waals surface area contributed by atoms with E-state index in [1.54, 1.807) is 4.90 Å². The molecule has 0 saturated heterocycles. The van der Waals surface area contributed by atoms with E-state index in [0.29, 0.717) is 0 Å². The molecule has 5 heteroatoms. The third-order valence-corrected chi connectivity index (χ3v) is 5.64. The van der Waals surface area contributed by atoms with Crippen LogP contribution in [-0.2, 0) is 0 Å². The summed E-state index contributed by atoms with van der Waals surface area (Å²) in [7, 11) is 0. The van der Waals surface area contributed by atoms with Crippen molar-refractivity contribution >= 4 is 11.9 Å². The van der Waals surface area contributed by atoms with Crippen LogP contribution in [-0.4, -0.2) is 34.9 Å². The van der Waals surface area contributed by atoms with Gasteiger partial charge in [-0.05, 0) is 70.1 Å². The molecule has 0 unspecified atom stereocenters. The zero-order chi connectivity index (χ0) is 15.2. The molecule has 0 radical (unpaired) electrons. The van der Waals surface area contributed by atoms with Gasteiger partial charge < -0.3 is 16.0 Å². The highest BCUT2D eigenvalue weighted by molar-refractivity contribution is 5.85. The van der Waals surface area contributed by atoms with E-state index < -0.39 is 0 Å². The summed E-state index contributed by atoms with van der Waals surface area (Å²) in [4.78, 5) is 14.3. The second-order valence-corrected chi connectivity index (χ2v) is 7.87. The summed E-state index contributed by atoms with van der Waals surface area (Å²) in [6, 6.07) is 0.0185. The molecule has 21 heavy (non-hydrogen) atoms. The molecule has 0 aromatic heterocycles. The molecule has 0 aromatic carbocycles. The van der Waals surface area contributed by atoms with E-state index in [2.05, 4.69) is 5.32 Å². The van der Waals surface area contributed by atoms with E-state index in [4.69, 9.17) is 11.1 Å². The molecule has 4 saturated carbocycles. The van der Waals surface area contributed by atoms with Gasteiger partial charge in [-0.25, -0.2) is 4.79 Å². The first-order chi connectivity index (χ1) is 9.87. The van der Waals surface area contributed by atoms with Crippen LogP contribution < -0.4 is 11.1 Å². The average molecular weight is 292 g/mol. The largest absolute Gasteiger partial charge is 0.386 e. The Morgan fingerprint density at radius 3 is 2.10 bits per heavy atom. The number of rotatable bonds is 4. The van der Waals surface area contributed by atoms with E-state index in [9.17, 15) is 4.79 Å². The molecule has 4 rings (SSSR count). The quantitative estimate of drug-likeness (QED) is 0.549. The summed E-state index contributed by atoms with van der Waals surface area (Å²) in [5.41, 5.74) is 5.52. The number of carbonyl (C=O) groups excluding carboxylic acids is 1. The first kappa shape index (κ1) is 14.7. The van der Waals surface area contributed by atoms with E-state index in [1.807, 2.05) is 13.8 Å². The smallest absolute Gasteiger partial charge is 0.318 e. The molecule has 0 aliphatic heterocycles. The Hall–Kier alpha value is -1.26. The molecule has 2 amide bonds. The molecule has 4 fully saturated rings. The van der Waals surface area contributed by atoms with Gasteiger partial charge in [-0.2, -0.15) is 0 Å². The summed E-state index contributed by atoms with van der Waals surface area (Å²) < 4.78 is 0. The van der Waals surface area contributed by atoms with Crippen LogP contribution in [0.25, 0.3) is 0 Å². The summed E-state index contributed by atoms with van der Waals surface area (Å²) in [5.74, 6) is 2.50. The third kappa shape index (κ3) is 2.87. The predicted molar refractivity (Wildman–Crippen MR) is 83.2 cm³/mol. The summed E-state index contributed by atoms with van der Waals surface area (Å²) in [5, 5.41) is 10.8. The van der Waals surface area contributed by atoms with Crippen molar-refractivity contribution in [3.8, 4) is 0 Å². The van der Waals surface area contributed by atoms with Gasteiger partial charge in [0.2, 0.25) is 0 Å². The second-order valence-electron chi connectivity index (χ2n) is 7.87. The maximum atomic E-state index is 12.7. The van der Waals surface area contributed by atoms with Gasteiger partial charge in [0, 0.05) is 11.6 Å². The van der Waals surface area contributed by atoms with E-state index >= 15 is 0 Å². The lowest BCUT2D eigenvalue weighted by Gasteiger charge is -2.57. The van der Waals surface area contributed by atoms with Crippen molar-refractivity contribution in [1.29, 1.82) is 5.41 Å². The minimum atomic E-state index is -0.0397. The normalized spacial score (nSPS) is 36.8. The minimum Gasteiger partial charge on any atom is -0.386 e. The van der Waals surface area contributed by atoms with Crippen molar-refractivity contribution in [2.75, 3.05) is 6.54 Å². The lowest BCUT2D eigenvalue weighted by atomic mass is 9.53. The highest BCUT2D eigenvalue weighted by atomic mass is 16.2. The highest BCUT2D eigenvalue weighted by Crippen LogP contribution is 2.55. The average Bonchev–Trinajstić information content (AvgIpc) is 2.32. The fourth-order valence-electron chi connectivity index (χ4n) is 5.23. The Bertz CT molecular complexity index is 410.